The minimum Gasteiger partial charge on any atom is -0.495 e. The van der Waals surface area contributed by atoms with E-state index >= 15 is 0 Å². The average molecular weight is 312 g/mol. The number of rotatable bonds is 3. The summed E-state index contributed by atoms with van der Waals surface area (Å²) in [5, 5.41) is 0. The number of aryl methyl sites for hydroxylation is 1. The number of nitrogens with two attached hydrogens (primary N) is 1. The first-order valence-electron chi connectivity index (χ1n) is 6.67. The highest BCUT2D eigenvalue weighted by Gasteiger charge is 2.35. The fourth-order valence-corrected chi connectivity index (χ4v) is 3.88. The van der Waals surface area contributed by atoms with E-state index in [1.165, 1.54) is 43.2 Å². The van der Waals surface area contributed by atoms with E-state index < -0.39 is 0 Å². The van der Waals surface area contributed by atoms with Gasteiger partial charge in [0.15, 0.2) is 0 Å². The van der Waals surface area contributed by atoms with Gasteiger partial charge in [-0.2, -0.15) is 0 Å². The SMILES string of the molecule is COc1c(Br)cc(C)cc1C1(CN)CCCCC1. The van der Waals surface area contributed by atoms with Crippen LogP contribution in [0.1, 0.15) is 43.2 Å². The van der Waals surface area contributed by atoms with Crippen molar-refractivity contribution in [2.75, 3.05) is 13.7 Å². The van der Waals surface area contributed by atoms with Crippen molar-refractivity contribution in [3.8, 4) is 5.75 Å². The Kier molecular flexibility index (Phi) is 4.33. The molecule has 0 radical (unpaired) electrons. The third-order valence-corrected chi connectivity index (χ3v) is 4.75. The van der Waals surface area contributed by atoms with Crippen molar-refractivity contribution >= 4 is 15.9 Å². The van der Waals surface area contributed by atoms with Gasteiger partial charge in [0.25, 0.3) is 0 Å². The summed E-state index contributed by atoms with van der Waals surface area (Å²) < 4.78 is 6.65. The quantitative estimate of drug-likeness (QED) is 0.918. The molecule has 0 aliphatic heterocycles. The molecule has 1 fully saturated rings. The van der Waals surface area contributed by atoms with E-state index in [1.54, 1.807) is 7.11 Å². The largest absolute Gasteiger partial charge is 0.495 e. The Balaban J connectivity index is 2.53. The Bertz CT molecular complexity index is 425. The topological polar surface area (TPSA) is 35.2 Å². The smallest absolute Gasteiger partial charge is 0.136 e. The molecule has 1 aromatic carbocycles. The third kappa shape index (κ3) is 2.43. The zero-order chi connectivity index (χ0) is 13.2. The highest BCUT2D eigenvalue weighted by Crippen LogP contribution is 2.45. The summed E-state index contributed by atoms with van der Waals surface area (Å²) in [5.74, 6) is 0.966. The van der Waals surface area contributed by atoms with Crippen LogP contribution in [0.25, 0.3) is 0 Å². The standard InChI is InChI=1S/C15H22BrNO/c1-11-8-12(14(18-2)13(16)9-11)15(10-17)6-4-3-5-7-15/h8-9H,3-7,10,17H2,1-2H3. The maximum Gasteiger partial charge on any atom is 0.136 e. The van der Waals surface area contributed by atoms with E-state index in [9.17, 15) is 0 Å². The van der Waals surface area contributed by atoms with Crippen molar-refractivity contribution in [3.05, 3.63) is 27.7 Å². The second kappa shape index (κ2) is 5.62. The molecule has 0 unspecified atom stereocenters. The average Bonchev–Trinajstić information content (AvgIpc) is 2.38. The van der Waals surface area contributed by atoms with Crippen LogP contribution in [-0.4, -0.2) is 13.7 Å². The Labute approximate surface area is 118 Å². The Morgan fingerprint density at radius 1 is 1.28 bits per heavy atom. The number of hydrogen-bond donors (Lipinski definition) is 1. The molecular formula is C15H22BrNO. The molecule has 1 aromatic rings. The fourth-order valence-electron chi connectivity index (χ4n) is 3.14. The maximum atomic E-state index is 6.12. The van der Waals surface area contributed by atoms with Gasteiger partial charge in [-0.3, -0.25) is 0 Å². The molecule has 100 valence electrons. The number of hydrogen-bond acceptors (Lipinski definition) is 2. The van der Waals surface area contributed by atoms with Gasteiger partial charge in [0.05, 0.1) is 11.6 Å². The summed E-state index contributed by atoms with van der Waals surface area (Å²) in [6.07, 6.45) is 6.22. The first-order valence-corrected chi connectivity index (χ1v) is 7.47. The second-order valence-corrected chi connectivity index (χ2v) is 6.23. The molecule has 2 rings (SSSR count). The van der Waals surface area contributed by atoms with E-state index in [4.69, 9.17) is 10.5 Å². The summed E-state index contributed by atoms with van der Waals surface area (Å²) in [5.41, 5.74) is 8.78. The summed E-state index contributed by atoms with van der Waals surface area (Å²) in [6, 6.07) is 4.36. The fraction of sp³-hybridized carbons (Fsp3) is 0.600. The lowest BCUT2D eigenvalue weighted by Crippen LogP contribution is -2.37. The van der Waals surface area contributed by atoms with Crippen LogP contribution >= 0.6 is 15.9 Å². The predicted molar refractivity (Wildman–Crippen MR) is 79.2 cm³/mol. The normalized spacial score (nSPS) is 18.7. The minimum atomic E-state index is 0.109. The highest BCUT2D eigenvalue weighted by molar-refractivity contribution is 9.10. The molecule has 1 aliphatic carbocycles. The van der Waals surface area contributed by atoms with Crippen molar-refractivity contribution in [2.24, 2.45) is 5.73 Å². The molecule has 0 bridgehead atoms. The first-order chi connectivity index (χ1) is 8.63. The Morgan fingerprint density at radius 3 is 2.50 bits per heavy atom. The highest BCUT2D eigenvalue weighted by atomic mass is 79.9. The molecule has 0 spiro atoms. The van der Waals surface area contributed by atoms with Gasteiger partial charge in [-0.1, -0.05) is 25.3 Å². The summed E-state index contributed by atoms with van der Waals surface area (Å²) in [4.78, 5) is 0. The van der Waals surface area contributed by atoms with Gasteiger partial charge in [-0.25, -0.2) is 0 Å². The van der Waals surface area contributed by atoms with E-state index in [2.05, 4.69) is 35.0 Å². The van der Waals surface area contributed by atoms with Gasteiger partial charge in [0.1, 0.15) is 5.75 Å². The molecule has 1 aliphatic rings. The van der Waals surface area contributed by atoms with E-state index in [0.29, 0.717) is 6.54 Å². The Hall–Kier alpha value is -0.540. The van der Waals surface area contributed by atoms with Gasteiger partial charge < -0.3 is 10.5 Å². The number of ether oxygens (including phenoxy) is 1. The van der Waals surface area contributed by atoms with Crippen LogP contribution in [0.15, 0.2) is 16.6 Å². The van der Waals surface area contributed by atoms with Crippen molar-refractivity contribution in [1.29, 1.82) is 0 Å². The van der Waals surface area contributed by atoms with Gasteiger partial charge in [-0.15, -0.1) is 0 Å². The van der Waals surface area contributed by atoms with Gasteiger partial charge in [0, 0.05) is 17.5 Å². The van der Waals surface area contributed by atoms with Crippen molar-refractivity contribution in [3.63, 3.8) is 0 Å². The molecule has 18 heavy (non-hydrogen) atoms. The molecule has 0 atom stereocenters. The minimum absolute atomic E-state index is 0.109. The third-order valence-electron chi connectivity index (χ3n) is 4.16. The molecule has 2 N–H and O–H groups in total. The van der Waals surface area contributed by atoms with Gasteiger partial charge in [-0.05, 0) is 47.3 Å². The lowest BCUT2D eigenvalue weighted by Gasteiger charge is -2.38. The monoisotopic (exact) mass is 311 g/mol. The van der Waals surface area contributed by atoms with Crippen molar-refractivity contribution in [1.82, 2.24) is 0 Å². The van der Waals surface area contributed by atoms with Crippen LogP contribution in [0, 0.1) is 6.92 Å². The van der Waals surface area contributed by atoms with E-state index in [-0.39, 0.29) is 5.41 Å². The molecule has 2 nitrogen and oxygen atoms in total. The van der Waals surface area contributed by atoms with Crippen LogP contribution in [0.2, 0.25) is 0 Å². The van der Waals surface area contributed by atoms with Crippen molar-refractivity contribution < 1.29 is 4.74 Å². The Morgan fingerprint density at radius 2 is 1.94 bits per heavy atom. The van der Waals surface area contributed by atoms with Crippen LogP contribution in [-0.2, 0) is 5.41 Å². The zero-order valence-electron chi connectivity index (χ0n) is 11.3. The molecule has 1 saturated carbocycles. The lowest BCUT2D eigenvalue weighted by atomic mass is 9.69. The molecular weight excluding hydrogens is 290 g/mol. The number of halogens is 1. The van der Waals surface area contributed by atoms with Crippen molar-refractivity contribution in [2.45, 2.75) is 44.4 Å². The van der Waals surface area contributed by atoms with Gasteiger partial charge >= 0.3 is 0 Å². The van der Waals surface area contributed by atoms with E-state index in [0.717, 1.165) is 10.2 Å². The zero-order valence-corrected chi connectivity index (χ0v) is 12.8. The van der Waals surface area contributed by atoms with Crippen LogP contribution in [0.4, 0.5) is 0 Å². The number of benzene rings is 1. The molecule has 0 aromatic heterocycles. The molecule has 0 saturated heterocycles. The maximum absolute atomic E-state index is 6.12. The molecule has 0 amide bonds. The van der Waals surface area contributed by atoms with Crippen LogP contribution < -0.4 is 10.5 Å². The summed E-state index contributed by atoms with van der Waals surface area (Å²) in [6.45, 7) is 2.83. The van der Waals surface area contributed by atoms with Gasteiger partial charge in [0.2, 0.25) is 0 Å². The number of methoxy groups -OCH3 is 1. The molecule has 3 heteroatoms. The van der Waals surface area contributed by atoms with Crippen LogP contribution in [0.5, 0.6) is 5.75 Å². The predicted octanol–water partition coefficient (Wildman–Crippen LogP) is 3.93. The summed E-state index contributed by atoms with van der Waals surface area (Å²) in [7, 11) is 1.74. The molecule has 0 heterocycles. The summed E-state index contributed by atoms with van der Waals surface area (Å²) >= 11 is 3.61. The lowest BCUT2D eigenvalue weighted by molar-refractivity contribution is 0.287. The van der Waals surface area contributed by atoms with Crippen LogP contribution in [0.3, 0.4) is 0 Å². The van der Waals surface area contributed by atoms with E-state index in [1.807, 2.05) is 0 Å². The second-order valence-electron chi connectivity index (χ2n) is 5.37. The first kappa shape index (κ1) is 13.9.